The lowest BCUT2D eigenvalue weighted by atomic mass is 10.1. The van der Waals surface area contributed by atoms with Crippen LogP contribution < -0.4 is 5.32 Å². The maximum atomic E-state index is 11.8. The molecule has 2 aromatic rings. The van der Waals surface area contributed by atoms with Crippen LogP contribution in [0.1, 0.15) is 21.5 Å². The van der Waals surface area contributed by atoms with Gasteiger partial charge in [0.25, 0.3) is 5.91 Å². The van der Waals surface area contributed by atoms with Gasteiger partial charge in [0.1, 0.15) is 5.75 Å². The summed E-state index contributed by atoms with van der Waals surface area (Å²) in [5.41, 5.74) is 2.54. The van der Waals surface area contributed by atoms with E-state index in [4.69, 9.17) is 0 Å². The maximum Gasteiger partial charge on any atom is 0.253 e. The van der Waals surface area contributed by atoms with Crippen molar-refractivity contribution >= 4 is 5.91 Å². The normalized spacial score (nSPS) is 10.1. The van der Waals surface area contributed by atoms with Gasteiger partial charge in [0.15, 0.2) is 0 Å². The van der Waals surface area contributed by atoms with Gasteiger partial charge in [-0.2, -0.15) is 0 Å². The Bertz CT molecular complexity index is 567. The summed E-state index contributed by atoms with van der Waals surface area (Å²) in [5.74, 6) is -0.266. The lowest BCUT2D eigenvalue weighted by molar-refractivity contribution is 0.0950. The first-order valence-corrected chi connectivity index (χ1v) is 5.63. The number of hydrogen-bond donors (Lipinski definition) is 2. The highest BCUT2D eigenvalue weighted by atomic mass is 16.3. The van der Waals surface area contributed by atoms with E-state index in [9.17, 15) is 9.90 Å². The van der Waals surface area contributed by atoms with E-state index in [0.717, 1.165) is 11.1 Å². The molecule has 92 valence electrons. The van der Waals surface area contributed by atoms with Crippen LogP contribution in [0.3, 0.4) is 0 Å². The summed E-state index contributed by atoms with van der Waals surface area (Å²) in [5, 5.41) is 12.0. The number of carbonyl (C=O) groups excluding carboxylic acids is 1. The van der Waals surface area contributed by atoms with E-state index in [1.54, 1.807) is 0 Å². The molecule has 2 rings (SSSR count). The fourth-order valence-electron chi connectivity index (χ4n) is 1.66. The Morgan fingerprint density at radius 1 is 1.33 bits per heavy atom. The summed E-state index contributed by atoms with van der Waals surface area (Å²) in [6.07, 6.45) is 2.71. The third-order valence-electron chi connectivity index (χ3n) is 2.52. The van der Waals surface area contributed by atoms with E-state index in [0.29, 0.717) is 12.1 Å². The van der Waals surface area contributed by atoms with Gasteiger partial charge in [-0.3, -0.25) is 9.78 Å². The Labute approximate surface area is 105 Å². The third kappa shape index (κ3) is 3.07. The molecule has 0 aliphatic rings. The zero-order valence-electron chi connectivity index (χ0n) is 10.1. The van der Waals surface area contributed by atoms with Gasteiger partial charge in [0.05, 0.1) is 11.8 Å². The van der Waals surface area contributed by atoms with Crippen molar-refractivity contribution < 1.29 is 9.90 Å². The summed E-state index contributed by atoms with van der Waals surface area (Å²) >= 11 is 0. The van der Waals surface area contributed by atoms with E-state index in [2.05, 4.69) is 10.3 Å². The second kappa shape index (κ2) is 5.31. The number of rotatable bonds is 3. The number of aromatic nitrogens is 1. The van der Waals surface area contributed by atoms with Gasteiger partial charge in [-0.1, -0.05) is 29.8 Å². The minimum Gasteiger partial charge on any atom is -0.506 e. The monoisotopic (exact) mass is 242 g/mol. The van der Waals surface area contributed by atoms with Crippen molar-refractivity contribution in [2.45, 2.75) is 13.5 Å². The lowest BCUT2D eigenvalue weighted by Crippen LogP contribution is -2.22. The molecule has 1 aromatic carbocycles. The molecule has 4 nitrogen and oxygen atoms in total. The molecule has 1 heterocycles. The minimum atomic E-state index is -0.250. The van der Waals surface area contributed by atoms with Crippen molar-refractivity contribution in [3.8, 4) is 5.75 Å². The van der Waals surface area contributed by atoms with Gasteiger partial charge in [-0.25, -0.2) is 0 Å². The molecule has 0 atom stereocenters. The van der Waals surface area contributed by atoms with Gasteiger partial charge in [0.2, 0.25) is 0 Å². The van der Waals surface area contributed by atoms with Crippen LogP contribution in [0.5, 0.6) is 5.75 Å². The molecule has 1 aromatic heterocycles. The van der Waals surface area contributed by atoms with Gasteiger partial charge in [0, 0.05) is 12.7 Å². The smallest absolute Gasteiger partial charge is 0.253 e. The molecule has 2 N–H and O–H groups in total. The number of aryl methyl sites for hydroxylation is 1. The molecule has 0 radical (unpaired) electrons. The van der Waals surface area contributed by atoms with Crippen molar-refractivity contribution in [3.63, 3.8) is 0 Å². The second-order valence-electron chi connectivity index (χ2n) is 4.10. The summed E-state index contributed by atoms with van der Waals surface area (Å²) in [6.45, 7) is 2.46. The maximum absolute atomic E-state index is 11.8. The highest BCUT2D eigenvalue weighted by Gasteiger charge is 2.06. The van der Waals surface area contributed by atoms with Crippen LogP contribution in [0.15, 0.2) is 42.7 Å². The number of carbonyl (C=O) groups is 1. The van der Waals surface area contributed by atoms with Crippen LogP contribution >= 0.6 is 0 Å². The number of pyridine rings is 1. The second-order valence-corrected chi connectivity index (χ2v) is 4.10. The van der Waals surface area contributed by atoms with Gasteiger partial charge >= 0.3 is 0 Å². The summed E-state index contributed by atoms with van der Waals surface area (Å²) < 4.78 is 0. The molecule has 0 spiro atoms. The largest absolute Gasteiger partial charge is 0.506 e. The van der Waals surface area contributed by atoms with Crippen LogP contribution in [0.25, 0.3) is 0 Å². The average Bonchev–Trinajstić information content (AvgIpc) is 2.36. The van der Waals surface area contributed by atoms with Crippen molar-refractivity contribution in [1.82, 2.24) is 10.3 Å². The van der Waals surface area contributed by atoms with Gasteiger partial charge < -0.3 is 10.4 Å². The highest BCUT2D eigenvalue weighted by molar-refractivity contribution is 5.94. The molecule has 1 amide bonds. The van der Waals surface area contributed by atoms with Crippen LogP contribution in [-0.4, -0.2) is 16.0 Å². The molecule has 0 bridgehead atoms. The Hall–Kier alpha value is -2.36. The first kappa shape index (κ1) is 12.1. The number of benzene rings is 1. The Morgan fingerprint density at radius 3 is 2.89 bits per heavy atom. The Kier molecular flexibility index (Phi) is 3.57. The molecule has 0 fully saturated rings. The molecule has 0 unspecified atom stereocenters. The van der Waals surface area contributed by atoms with E-state index >= 15 is 0 Å². The predicted octanol–water partition coefficient (Wildman–Crippen LogP) is 2.03. The fraction of sp³-hybridized carbons (Fsp3) is 0.143. The molecule has 0 aliphatic heterocycles. The van der Waals surface area contributed by atoms with Gasteiger partial charge in [-0.15, -0.1) is 0 Å². The standard InChI is InChI=1S/C14H14N2O2/c1-10-3-2-4-11(5-10)7-16-14(18)12-6-13(17)9-15-8-12/h2-6,8-9,17H,7H2,1H3,(H,16,18). The zero-order chi connectivity index (χ0) is 13.0. The molecule has 4 heteroatoms. The van der Waals surface area contributed by atoms with Crippen LogP contribution in [0, 0.1) is 6.92 Å². The number of aromatic hydroxyl groups is 1. The molecule has 0 aliphatic carbocycles. The minimum absolute atomic E-state index is 0.0156. The molecular weight excluding hydrogens is 228 g/mol. The molecule has 0 saturated carbocycles. The summed E-state index contributed by atoms with van der Waals surface area (Å²) in [6, 6.07) is 9.31. The van der Waals surface area contributed by atoms with Crippen LogP contribution in [-0.2, 0) is 6.54 Å². The molecule has 18 heavy (non-hydrogen) atoms. The first-order valence-electron chi connectivity index (χ1n) is 5.63. The lowest BCUT2D eigenvalue weighted by Gasteiger charge is -2.06. The topological polar surface area (TPSA) is 62.2 Å². The fourth-order valence-corrected chi connectivity index (χ4v) is 1.66. The van der Waals surface area contributed by atoms with E-state index in [1.807, 2.05) is 31.2 Å². The zero-order valence-corrected chi connectivity index (χ0v) is 10.1. The number of amides is 1. The molecule has 0 saturated heterocycles. The Balaban J connectivity index is 2.00. The van der Waals surface area contributed by atoms with E-state index < -0.39 is 0 Å². The van der Waals surface area contributed by atoms with Crippen molar-refractivity contribution in [3.05, 3.63) is 59.4 Å². The number of nitrogens with one attached hydrogen (secondary N) is 1. The SMILES string of the molecule is Cc1cccc(CNC(=O)c2cncc(O)c2)c1. The van der Waals surface area contributed by atoms with Crippen molar-refractivity contribution in [2.24, 2.45) is 0 Å². The summed E-state index contributed by atoms with van der Waals surface area (Å²) in [4.78, 5) is 15.6. The predicted molar refractivity (Wildman–Crippen MR) is 68.3 cm³/mol. The summed E-state index contributed by atoms with van der Waals surface area (Å²) in [7, 11) is 0. The van der Waals surface area contributed by atoms with Crippen LogP contribution in [0.2, 0.25) is 0 Å². The number of hydrogen-bond acceptors (Lipinski definition) is 3. The van der Waals surface area contributed by atoms with Crippen molar-refractivity contribution in [2.75, 3.05) is 0 Å². The number of nitrogens with zero attached hydrogens (tertiary/aromatic N) is 1. The molecular formula is C14H14N2O2. The van der Waals surface area contributed by atoms with Gasteiger partial charge in [-0.05, 0) is 18.6 Å². The highest BCUT2D eigenvalue weighted by Crippen LogP contribution is 2.09. The van der Waals surface area contributed by atoms with E-state index in [-0.39, 0.29) is 11.7 Å². The Morgan fingerprint density at radius 2 is 2.17 bits per heavy atom. The third-order valence-corrected chi connectivity index (χ3v) is 2.52. The quantitative estimate of drug-likeness (QED) is 0.865. The van der Waals surface area contributed by atoms with E-state index in [1.165, 1.54) is 18.5 Å². The average molecular weight is 242 g/mol. The first-order chi connectivity index (χ1) is 8.65. The van der Waals surface area contributed by atoms with Crippen LogP contribution in [0.4, 0.5) is 0 Å². The van der Waals surface area contributed by atoms with Crippen molar-refractivity contribution in [1.29, 1.82) is 0 Å².